The van der Waals surface area contributed by atoms with Gasteiger partial charge < -0.3 is 10.5 Å². The number of sulfone groups is 1. The first kappa shape index (κ1) is 13.4. The van der Waals surface area contributed by atoms with Crippen LogP contribution in [-0.2, 0) is 26.6 Å². The maximum atomic E-state index is 11.7. The molecule has 7 nitrogen and oxygen atoms in total. The molecule has 0 aromatic carbocycles. The fourth-order valence-corrected chi connectivity index (χ4v) is 5.07. The number of carbonyl (C=O) groups excluding carboxylic acids is 1. The van der Waals surface area contributed by atoms with Gasteiger partial charge in [0.2, 0.25) is 5.91 Å². The lowest BCUT2D eigenvalue weighted by molar-refractivity contribution is -0.123. The molecule has 110 valence electrons. The molecule has 3 rings (SSSR count). The molecule has 20 heavy (non-hydrogen) atoms. The molecule has 2 aliphatic heterocycles. The van der Waals surface area contributed by atoms with Crippen molar-refractivity contribution in [1.82, 2.24) is 9.78 Å². The van der Waals surface area contributed by atoms with Crippen molar-refractivity contribution in [3.05, 3.63) is 11.9 Å². The van der Waals surface area contributed by atoms with E-state index in [0.717, 1.165) is 5.69 Å². The topological polar surface area (TPSA) is 104 Å². The zero-order valence-electron chi connectivity index (χ0n) is 11.2. The number of fused-ring (bicyclic) bond motifs is 1. The molecule has 1 amide bonds. The van der Waals surface area contributed by atoms with Crippen molar-refractivity contribution in [1.29, 1.82) is 0 Å². The predicted molar refractivity (Wildman–Crippen MR) is 71.0 cm³/mol. The summed E-state index contributed by atoms with van der Waals surface area (Å²) in [5.74, 6) is 0.0494. The van der Waals surface area contributed by atoms with Gasteiger partial charge in [0.05, 0.1) is 34.9 Å². The van der Waals surface area contributed by atoms with Gasteiger partial charge in [-0.1, -0.05) is 0 Å². The molecule has 1 saturated heterocycles. The smallest absolute Gasteiger partial charge is 0.224 e. The van der Waals surface area contributed by atoms with Crippen LogP contribution < -0.4 is 10.5 Å². The average molecular weight is 299 g/mol. The Hall–Kier alpha value is -1.57. The first-order valence-corrected chi connectivity index (χ1v) is 8.33. The quantitative estimate of drug-likeness (QED) is 0.789. The summed E-state index contributed by atoms with van der Waals surface area (Å²) < 4.78 is 30.7. The number of primary amides is 1. The normalized spacial score (nSPS) is 31.6. The summed E-state index contributed by atoms with van der Waals surface area (Å²) in [6.07, 6.45) is 2.55. The summed E-state index contributed by atoms with van der Waals surface area (Å²) in [5.41, 5.74) is 5.52. The highest BCUT2D eigenvalue weighted by Gasteiger charge is 2.43. The molecule has 0 saturated carbocycles. The third-order valence-corrected chi connectivity index (χ3v) is 5.99. The second kappa shape index (κ2) is 4.21. The summed E-state index contributed by atoms with van der Waals surface area (Å²) in [6, 6.07) is 0. The first-order chi connectivity index (χ1) is 9.31. The van der Waals surface area contributed by atoms with Gasteiger partial charge in [0.15, 0.2) is 15.6 Å². The Labute approximate surface area is 117 Å². The molecular weight excluding hydrogens is 282 g/mol. The van der Waals surface area contributed by atoms with Crippen molar-refractivity contribution in [3.63, 3.8) is 0 Å². The average Bonchev–Trinajstić information content (AvgIpc) is 2.90. The van der Waals surface area contributed by atoms with Crippen LogP contribution in [-0.4, -0.2) is 42.2 Å². The first-order valence-electron chi connectivity index (χ1n) is 6.51. The Balaban J connectivity index is 1.97. The number of ether oxygens (including phenoxy) is 1. The molecule has 0 aliphatic carbocycles. The van der Waals surface area contributed by atoms with Crippen LogP contribution in [0.1, 0.15) is 19.0 Å². The minimum Gasteiger partial charge on any atom is -0.489 e. The number of hydrogen-bond acceptors (Lipinski definition) is 5. The SMILES string of the molecule is C[C@]1(n2ncc3c2CC(C(N)=O)CO3)CCS(=O)(=O)C1. The third kappa shape index (κ3) is 2.07. The van der Waals surface area contributed by atoms with Gasteiger partial charge >= 0.3 is 0 Å². The zero-order valence-corrected chi connectivity index (χ0v) is 12.0. The molecule has 0 bridgehead atoms. The standard InChI is InChI=1S/C12H17N3O4S/c1-12(2-3-20(17,18)7-12)15-9-4-8(11(13)16)6-19-10(9)5-14-15/h5,8H,2-4,6-7H2,1H3,(H2,13,16)/t8?,12-/m0/s1. The van der Waals surface area contributed by atoms with Gasteiger partial charge in [-0.3, -0.25) is 9.48 Å². The summed E-state index contributed by atoms with van der Waals surface area (Å²) in [4.78, 5) is 11.3. The van der Waals surface area contributed by atoms with E-state index in [1.54, 1.807) is 10.9 Å². The van der Waals surface area contributed by atoms with Gasteiger partial charge in [0, 0.05) is 6.42 Å². The van der Waals surface area contributed by atoms with E-state index in [1.165, 1.54) is 0 Å². The summed E-state index contributed by atoms with van der Waals surface area (Å²) >= 11 is 0. The van der Waals surface area contributed by atoms with Crippen LogP contribution in [0.5, 0.6) is 5.75 Å². The maximum absolute atomic E-state index is 11.7. The Morgan fingerprint density at radius 1 is 1.60 bits per heavy atom. The van der Waals surface area contributed by atoms with Crippen molar-refractivity contribution in [2.45, 2.75) is 25.3 Å². The number of nitrogens with zero attached hydrogens (tertiary/aromatic N) is 2. The number of carbonyl (C=O) groups is 1. The van der Waals surface area contributed by atoms with Crippen molar-refractivity contribution < 1.29 is 17.9 Å². The molecular formula is C12H17N3O4S. The van der Waals surface area contributed by atoms with Crippen LogP contribution in [0.25, 0.3) is 0 Å². The van der Waals surface area contributed by atoms with Crippen LogP contribution in [0.3, 0.4) is 0 Å². The van der Waals surface area contributed by atoms with E-state index in [1.807, 2.05) is 6.92 Å². The van der Waals surface area contributed by atoms with Crippen LogP contribution in [0, 0.1) is 5.92 Å². The molecule has 0 spiro atoms. The van der Waals surface area contributed by atoms with E-state index >= 15 is 0 Å². The summed E-state index contributed by atoms with van der Waals surface area (Å²) in [5, 5.41) is 4.29. The maximum Gasteiger partial charge on any atom is 0.224 e. The lowest BCUT2D eigenvalue weighted by Gasteiger charge is -2.28. The number of rotatable bonds is 2. The summed E-state index contributed by atoms with van der Waals surface area (Å²) in [7, 11) is -3.03. The number of aromatic nitrogens is 2. The van der Waals surface area contributed by atoms with E-state index in [-0.39, 0.29) is 24.0 Å². The highest BCUT2D eigenvalue weighted by molar-refractivity contribution is 7.91. The second-order valence-electron chi connectivity index (χ2n) is 5.82. The Bertz CT molecular complexity index is 666. The molecule has 2 aliphatic rings. The van der Waals surface area contributed by atoms with Gasteiger partial charge in [0.25, 0.3) is 0 Å². The van der Waals surface area contributed by atoms with Crippen molar-refractivity contribution in [2.24, 2.45) is 11.7 Å². The largest absolute Gasteiger partial charge is 0.489 e. The van der Waals surface area contributed by atoms with Crippen molar-refractivity contribution in [2.75, 3.05) is 18.1 Å². The molecule has 3 heterocycles. The van der Waals surface area contributed by atoms with Gasteiger partial charge in [-0.15, -0.1) is 0 Å². The lowest BCUT2D eigenvalue weighted by Crippen LogP contribution is -2.38. The van der Waals surface area contributed by atoms with Gasteiger partial charge in [-0.25, -0.2) is 8.42 Å². The second-order valence-corrected chi connectivity index (χ2v) is 8.00. The fourth-order valence-electron chi connectivity index (χ4n) is 2.96. The van der Waals surface area contributed by atoms with Crippen LogP contribution in [0.15, 0.2) is 6.20 Å². The van der Waals surface area contributed by atoms with E-state index in [0.29, 0.717) is 18.6 Å². The van der Waals surface area contributed by atoms with Crippen LogP contribution in [0.2, 0.25) is 0 Å². The Kier molecular flexibility index (Phi) is 2.82. The molecule has 8 heteroatoms. The minimum atomic E-state index is -3.03. The molecule has 1 aromatic rings. The molecule has 1 unspecified atom stereocenters. The Morgan fingerprint density at radius 2 is 2.35 bits per heavy atom. The third-order valence-electron chi connectivity index (χ3n) is 4.11. The van der Waals surface area contributed by atoms with Gasteiger partial charge in [-0.2, -0.15) is 5.10 Å². The van der Waals surface area contributed by atoms with Crippen LogP contribution >= 0.6 is 0 Å². The van der Waals surface area contributed by atoms with Crippen LogP contribution in [0.4, 0.5) is 0 Å². The molecule has 2 N–H and O–H groups in total. The van der Waals surface area contributed by atoms with Gasteiger partial charge in [0.1, 0.15) is 6.61 Å². The lowest BCUT2D eigenvalue weighted by atomic mass is 9.97. The van der Waals surface area contributed by atoms with Gasteiger partial charge in [-0.05, 0) is 13.3 Å². The molecule has 0 radical (unpaired) electrons. The minimum absolute atomic E-state index is 0.0648. The molecule has 2 atom stereocenters. The monoisotopic (exact) mass is 299 g/mol. The zero-order chi connectivity index (χ0) is 14.5. The molecule has 1 aromatic heterocycles. The number of nitrogens with two attached hydrogens (primary N) is 1. The fraction of sp³-hybridized carbons (Fsp3) is 0.667. The van der Waals surface area contributed by atoms with E-state index in [2.05, 4.69) is 5.10 Å². The van der Waals surface area contributed by atoms with E-state index in [4.69, 9.17) is 10.5 Å². The Morgan fingerprint density at radius 3 is 2.95 bits per heavy atom. The number of hydrogen-bond donors (Lipinski definition) is 1. The highest BCUT2D eigenvalue weighted by Crippen LogP contribution is 2.36. The van der Waals surface area contributed by atoms with E-state index < -0.39 is 21.3 Å². The van der Waals surface area contributed by atoms with Crippen molar-refractivity contribution in [3.8, 4) is 5.75 Å². The highest BCUT2D eigenvalue weighted by atomic mass is 32.2. The van der Waals surface area contributed by atoms with E-state index in [9.17, 15) is 13.2 Å². The number of amides is 1. The summed E-state index contributed by atoms with van der Waals surface area (Å²) in [6.45, 7) is 2.13. The predicted octanol–water partition coefficient (Wildman–Crippen LogP) is -0.547. The molecule has 1 fully saturated rings. The van der Waals surface area contributed by atoms with Crippen molar-refractivity contribution >= 4 is 15.7 Å².